The molecule has 0 radical (unpaired) electrons. The topological polar surface area (TPSA) is 52.6 Å². The van der Waals surface area contributed by atoms with Gasteiger partial charge in [0.2, 0.25) is 0 Å². The molecule has 0 aromatic rings. The van der Waals surface area contributed by atoms with Crippen LogP contribution in [-0.4, -0.2) is 59.2 Å². The second-order valence-corrected chi connectivity index (χ2v) is 6.12. The van der Waals surface area contributed by atoms with E-state index in [1.165, 1.54) is 0 Å². The molecule has 2 rings (SSSR count). The summed E-state index contributed by atoms with van der Waals surface area (Å²) in [4.78, 5) is 13.7. The van der Waals surface area contributed by atoms with E-state index < -0.39 is 11.5 Å². The Hall–Kier alpha value is -0.260. The molecule has 1 atom stereocenters. The van der Waals surface area contributed by atoms with Crippen LogP contribution in [0.2, 0.25) is 0 Å². The van der Waals surface area contributed by atoms with Crippen molar-refractivity contribution in [2.24, 2.45) is 0 Å². The van der Waals surface area contributed by atoms with E-state index in [2.05, 4.69) is 17.3 Å². The van der Waals surface area contributed by atoms with Crippen LogP contribution in [0, 0.1) is 0 Å². The minimum absolute atomic E-state index is 0.351. The number of thioether (sulfide) groups is 1. The van der Waals surface area contributed by atoms with Gasteiger partial charge in [-0.05, 0) is 44.4 Å². The first kappa shape index (κ1) is 12.2. The molecule has 2 heterocycles. The summed E-state index contributed by atoms with van der Waals surface area (Å²) in [6.07, 6.45) is 2.58. The lowest BCUT2D eigenvalue weighted by molar-refractivity contribution is -0.145. The van der Waals surface area contributed by atoms with Crippen LogP contribution in [-0.2, 0) is 4.79 Å². The van der Waals surface area contributed by atoms with Gasteiger partial charge >= 0.3 is 5.97 Å². The monoisotopic (exact) mass is 244 g/mol. The average molecular weight is 244 g/mol. The predicted molar refractivity (Wildman–Crippen MR) is 66.0 cm³/mol. The summed E-state index contributed by atoms with van der Waals surface area (Å²) in [7, 11) is 2.09. The Morgan fingerprint density at radius 2 is 2.19 bits per heavy atom. The van der Waals surface area contributed by atoms with Crippen LogP contribution < -0.4 is 5.32 Å². The zero-order valence-corrected chi connectivity index (χ0v) is 10.6. The second-order valence-electron chi connectivity index (χ2n) is 4.89. The number of hydrogen-bond acceptors (Lipinski definition) is 4. The van der Waals surface area contributed by atoms with Gasteiger partial charge in [-0.1, -0.05) is 0 Å². The first-order valence-corrected chi connectivity index (χ1v) is 7.05. The largest absolute Gasteiger partial charge is 0.480 e. The van der Waals surface area contributed by atoms with Gasteiger partial charge in [-0.2, -0.15) is 11.8 Å². The Kier molecular flexibility index (Phi) is 3.77. The van der Waals surface area contributed by atoms with E-state index in [-0.39, 0.29) is 0 Å². The number of carboxylic acid groups (broad SMARTS) is 1. The highest BCUT2D eigenvalue weighted by Crippen LogP contribution is 2.28. The summed E-state index contributed by atoms with van der Waals surface area (Å²) >= 11 is 1.86. The van der Waals surface area contributed by atoms with E-state index in [0.29, 0.717) is 6.04 Å². The molecule has 0 amide bonds. The lowest BCUT2D eigenvalue weighted by Gasteiger charge is -2.36. The van der Waals surface area contributed by atoms with Crippen LogP contribution in [0.25, 0.3) is 0 Å². The zero-order valence-electron chi connectivity index (χ0n) is 9.74. The van der Waals surface area contributed by atoms with Gasteiger partial charge < -0.3 is 10.0 Å². The highest BCUT2D eigenvalue weighted by atomic mass is 32.2. The fraction of sp³-hybridized carbons (Fsp3) is 0.909. The van der Waals surface area contributed by atoms with Crippen molar-refractivity contribution >= 4 is 17.7 Å². The van der Waals surface area contributed by atoms with Crippen molar-refractivity contribution in [2.75, 3.05) is 31.6 Å². The number of carboxylic acids is 1. The fourth-order valence-corrected chi connectivity index (χ4v) is 3.77. The molecule has 2 aliphatic heterocycles. The highest BCUT2D eigenvalue weighted by Gasteiger charge is 2.42. The van der Waals surface area contributed by atoms with E-state index in [9.17, 15) is 9.90 Å². The van der Waals surface area contributed by atoms with Crippen LogP contribution in [0.3, 0.4) is 0 Å². The van der Waals surface area contributed by atoms with Gasteiger partial charge in [-0.3, -0.25) is 10.1 Å². The van der Waals surface area contributed by atoms with Crippen molar-refractivity contribution in [2.45, 2.75) is 30.8 Å². The van der Waals surface area contributed by atoms with E-state index >= 15 is 0 Å². The molecule has 0 bridgehead atoms. The molecule has 0 aromatic carbocycles. The Bertz CT molecular complexity index is 267. The molecule has 16 heavy (non-hydrogen) atoms. The van der Waals surface area contributed by atoms with E-state index in [4.69, 9.17) is 0 Å². The number of rotatable bonds is 3. The molecule has 5 heteroatoms. The Morgan fingerprint density at radius 3 is 2.69 bits per heavy atom. The first-order chi connectivity index (χ1) is 7.62. The molecule has 1 unspecified atom stereocenters. The maximum atomic E-state index is 11.5. The SMILES string of the molecule is CN1CCC(NC2(C(=O)O)CCSCC2)C1. The average Bonchev–Trinajstić information content (AvgIpc) is 2.65. The number of likely N-dealkylation sites (N-methyl/N-ethyl adjacent to an activating group) is 1. The number of aliphatic carboxylic acids is 1. The Labute approximate surface area is 101 Å². The molecule has 2 N–H and O–H groups in total. The van der Waals surface area contributed by atoms with Crippen molar-refractivity contribution in [3.05, 3.63) is 0 Å². The molecule has 0 spiro atoms. The molecule has 2 fully saturated rings. The molecular formula is C11H20N2O2S. The smallest absolute Gasteiger partial charge is 0.323 e. The van der Waals surface area contributed by atoms with Crippen LogP contribution in [0.1, 0.15) is 19.3 Å². The lowest BCUT2D eigenvalue weighted by Crippen LogP contribution is -2.58. The number of carbonyl (C=O) groups is 1. The lowest BCUT2D eigenvalue weighted by atomic mass is 9.91. The maximum Gasteiger partial charge on any atom is 0.323 e. The van der Waals surface area contributed by atoms with Crippen molar-refractivity contribution in [1.29, 1.82) is 0 Å². The number of nitrogens with zero attached hydrogens (tertiary/aromatic N) is 1. The van der Waals surface area contributed by atoms with E-state index in [0.717, 1.165) is 43.9 Å². The maximum absolute atomic E-state index is 11.5. The minimum atomic E-state index is -0.664. The molecule has 92 valence electrons. The third-order valence-electron chi connectivity index (χ3n) is 3.63. The quantitative estimate of drug-likeness (QED) is 0.762. The van der Waals surface area contributed by atoms with E-state index in [1.807, 2.05) is 11.8 Å². The standard InChI is InChI=1S/C11H20N2O2S/c1-13-5-2-9(8-13)12-11(10(14)15)3-6-16-7-4-11/h9,12H,2-8H2,1H3,(H,14,15). The Morgan fingerprint density at radius 1 is 1.50 bits per heavy atom. The molecule has 2 saturated heterocycles. The molecule has 4 nitrogen and oxygen atoms in total. The second kappa shape index (κ2) is 4.94. The van der Waals surface area contributed by atoms with E-state index in [1.54, 1.807) is 0 Å². The molecule has 0 saturated carbocycles. The normalized spacial score (nSPS) is 30.4. The number of likely N-dealkylation sites (tertiary alicyclic amines) is 1. The van der Waals surface area contributed by atoms with Gasteiger partial charge in [0.05, 0.1) is 0 Å². The van der Waals surface area contributed by atoms with Gasteiger partial charge in [0.15, 0.2) is 0 Å². The van der Waals surface area contributed by atoms with Gasteiger partial charge in [0.1, 0.15) is 5.54 Å². The van der Waals surface area contributed by atoms with Crippen LogP contribution in [0.5, 0.6) is 0 Å². The highest BCUT2D eigenvalue weighted by molar-refractivity contribution is 7.99. The van der Waals surface area contributed by atoms with Crippen molar-refractivity contribution in [1.82, 2.24) is 10.2 Å². The van der Waals surface area contributed by atoms with Crippen molar-refractivity contribution < 1.29 is 9.90 Å². The minimum Gasteiger partial charge on any atom is -0.480 e. The third kappa shape index (κ3) is 2.52. The number of nitrogens with one attached hydrogen (secondary N) is 1. The van der Waals surface area contributed by atoms with Gasteiger partial charge in [-0.15, -0.1) is 0 Å². The molecule has 2 aliphatic rings. The van der Waals surface area contributed by atoms with Gasteiger partial charge in [0.25, 0.3) is 0 Å². The van der Waals surface area contributed by atoms with Crippen molar-refractivity contribution in [3.8, 4) is 0 Å². The predicted octanol–water partition coefficient (Wildman–Crippen LogP) is 0.631. The Balaban J connectivity index is 1.99. The van der Waals surface area contributed by atoms with Crippen LogP contribution >= 0.6 is 11.8 Å². The summed E-state index contributed by atoms with van der Waals surface area (Å²) in [5.41, 5.74) is -0.652. The third-order valence-corrected chi connectivity index (χ3v) is 4.61. The summed E-state index contributed by atoms with van der Waals surface area (Å²) < 4.78 is 0. The summed E-state index contributed by atoms with van der Waals surface area (Å²) in [6.45, 7) is 2.05. The van der Waals surface area contributed by atoms with Crippen LogP contribution in [0.15, 0.2) is 0 Å². The molecule has 0 aliphatic carbocycles. The number of hydrogen-bond donors (Lipinski definition) is 2. The first-order valence-electron chi connectivity index (χ1n) is 5.90. The summed E-state index contributed by atoms with van der Waals surface area (Å²) in [5.74, 6) is 1.26. The molecular weight excluding hydrogens is 224 g/mol. The summed E-state index contributed by atoms with van der Waals surface area (Å²) in [6, 6.07) is 0.351. The molecule has 0 aromatic heterocycles. The van der Waals surface area contributed by atoms with Crippen LogP contribution in [0.4, 0.5) is 0 Å². The van der Waals surface area contributed by atoms with Gasteiger partial charge in [-0.25, -0.2) is 0 Å². The zero-order chi connectivity index (χ0) is 11.6. The van der Waals surface area contributed by atoms with Gasteiger partial charge in [0, 0.05) is 12.6 Å². The summed E-state index contributed by atoms with van der Waals surface area (Å²) in [5, 5.41) is 12.8. The van der Waals surface area contributed by atoms with Crippen molar-refractivity contribution in [3.63, 3.8) is 0 Å². The fourth-order valence-electron chi connectivity index (χ4n) is 2.58.